The van der Waals surface area contributed by atoms with Gasteiger partial charge in [0.15, 0.2) is 4.67 Å². The first-order valence-corrected chi connectivity index (χ1v) is 7.80. The Labute approximate surface area is 118 Å². The Bertz CT molecular complexity index is 597. The number of carboxylic acids is 1. The Morgan fingerprint density at radius 1 is 1.63 bits per heavy atom. The van der Waals surface area contributed by atoms with Crippen molar-refractivity contribution in [2.75, 3.05) is 20.1 Å². The second-order valence-electron chi connectivity index (χ2n) is 4.42. The number of nitrogens with zero attached hydrogens (tertiary/aromatic N) is 1. The van der Waals surface area contributed by atoms with Crippen LogP contribution < -0.4 is 4.72 Å². The average molecular weight is 353 g/mol. The number of carbonyl (C=O) groups is 1. The molecule has 0 radical (unpaired) electrons. The summed E-state index contributed by atoms with van der Waals surface area (Å²) in [4.78, 5) is 12.6. The standard InChI is InChI=1S/C10H13BrN2O5S/c1-13-3-2-6(5-13)12-19(16,17)8-4-7(10(14)15)18-9(8)11/h4,6,12H,2-3,5H2,1H3,(H,14,15). The molecule has 9 heteroatoms. The minimum atomic E-state index is -3.79. The van der Waals surface area contributed by atoms with Crippen molar-refractivity contribution in [3.8, 4) is 0 Å². The van der Waals surface area contributed by atoms with Crippen molar-refractivity contribution in [2.45, 2.75) is 17.4 Å². The zero-order valence-electron chi connectivity index (χ0n) is 10.1. The van der Waals surface area contributed by atoms with Gasteiger partial charge in [0, 0.05) is 18.7 Å². The summed E-state index contributed by atoms with van der Waals surface area (Å²) in [5.41, 5.74) is 0. The number of likely N-dealkylation sites (N-methyl/N-ethyl adjacent to an activating group) is 1. The SMILES string of the molecule is CN1CCC(NS(=O)(=O)c2cc(C(=O)O)oc2Br)C1. The number of halogens is 1. The Kier molecular flexibility index (Phi) is 4.00. The topological polar surface area (TPSA) is 99.9 Å². The molecule has 1 aromatic rings. The Morgan fingerprint density at radius 3 is 2.79 bits per heavy atom. The number of sulfonamides is 1. The fraction of sp³-hybridized carbons (Fsp3) is 0.500. The smallest absolute Gasteiger partial charge is 0.371 e. The zero-order chi connectivity index (χ0) is 14.2. The lowest BCUT2D eigenvalue weighted by Gasteiger charge is -2.12. The van der Waals surface area contributed by atoms with Gasteiger partial charge < -0.3 is 14.4 Å². The predicted octanol–water partition coefficient (Wildman–Crippen LogP) is 0.723. The van der Waals surface area contributed by atoms with Gasteiger partial charge in [-0.2, -0.15) is 0 Å². The normalized spacial score (nSPS) is 20.8. The van der Waals surface area contributed by atoms with Gasteiger partial charge in [0.2, 0.25) is 15.8 Å². The maximum atomic E-state index is 12.1. The van der Waals surface area contributed by atoms with Crippen LogP contribution in [0, 0.1) is 0 Å². The van der Waals surface area contributed by atoms with E-state index in [4.69, 9.17) is 9.52 Å². The van der Waals surface area contributed by atoms with E-state index >= 15 is 0 Å². The highest BCUT2D eigenvalue weighted by Gasteiger charge is 2.29. The molecule has 2 heterocycles. The molecule has 1 unspecified atom stereocenters. The summed E-state index contributed by atoms with van der Waals surface area (Å²) in [5, 5.41) is 8.77. The second-order valence-corrected chi connectivity index (χ2v) is 6.83. The molecule has 1 aromatic heterocycles. The predicted molar refractivity (Wildman–Crippen MR) is 69.6 cm³/mol. The molecule has 19 heavy (non-hydrogen) atoms. The summed E-state index contributed by atoms with van der Waals surface area (Å²) < 4.78 is 31.5. The number of furan rings is 1. The Balaban J connectivity index is 2.22. The van der Waals surface area contributed by atoms with Crippen LogP contribution in [-0.4, -0.2) is 50.6 Å². The monoisotopic (exact) mass is 352 g/mol. The summed E-state index contributed by atoms with van der Waals surface area (Å²) in [6.07, 6.45) is 0.719. The molecule has 1 aliphatic rings. The van der Waals surface area contributed by atoms with Crippen molar-refractivity contribution in [1.29, 1.82) is 0 Å². The molecule has 0 aliphatic carbocycles. The van der Waals surface area contributed by atoms with E-state index in [0.29, 0.717) is 6.54 Å². The molecular formula is C10H13BrN2O5S. The summed E-state index contributed by atoms with van der Waals surface area (Å²) in [5.74, 6) is -1.74. The first-order valence-electron chi connectivity index (χ1n) is 5.53. The van der Waals surface area contributed by atoms with Crippen molar-refractivity contribution in [3.05, 3.63) is 16.5 Å². The Morgan fingerprint density at radius 2 is 2.32 bits per heavy atom. The molecule has 1 aliphatic heterocycles. The maximum Gasteiger partial charge on any atom is 0.371 e. The van der Waals surface area contributed by atoms with Gasteiger partial charge in [-0.3, -0.25) is 0 Å². The highest BCUT2D eigenvalue weighted by Crippen LogP contribution is 2.26. The molecule has 2 N–H and O–H groups in total. The molecule has 0 amide bonds. The van der Waals surface area contributed by atoms with Crippen LogP contribution in [0.1, 0.15) is 17.0 Å². The maximum absolute atomic E-state index is 12.1. The van der Waals surface area contributed by atoms with Crippen LogP contribution >= 0.6 is 15.9 Å². The number of hydrogen-bond acceptors (Lipinski definition) is 5. The molecule has 7 nitrogen and oxygen atoms in total. The second kappa shape index (κ2) is 5.23. The van der Waals surface area contributed by atoms with Gasteiger partial charge in [0.25, 0.3) is 0 Å². The molecule has 0 spiro atoms. The van der Waals surface area contributed by atoms with Crippen molar-refractivity contribution in [3.63, 3.8) is 0 Å². The van der Waals surface area contributed by atoms with Crippen LogP contribution in [0.3, 0.4) is 0 Å². The quantitative estimate of drug-likeness (QED) is 0.828. The average Bonchev–Trinajstić information content (AvgIpc) is 2.85. The van der Waals surface area contributed by atoms with Crippen LogP contribution in [0.15, 0.2) is 20.0 Å². The van der Waals surface area contributed by atoms with E-state index in [1.807, 2.05) is 11.9 Å². The fourth-order valence-corrected chi connectivity index (χ4v) is 4.16. The van der Waals surface area contributed by atoms with Gasteiger partial charge >= 0.3 is 5.97 Å². The summed E-state index contributed by atoms with van der Waals surface area (Å²) in [7, 11) is -1.88. The summed E-state index contributed by atoms with van der Waals surface area (Å²) in [6, 6.07) is 0.818. The largest absolute Gasteiger partial charge is 0.475 e. The highest BCUT2D eigenvalue weighted by atomic mass is 79.9. The summed E-state index contributed by atoms with van der Waals surface area (Å²) >= 11 is 2.92. The molecular weight excluding hydrogens is 340 g/mol. The number of hydrogen-bond donors (Lipinski definition) is 2. The van der Waals surface area contributed by atoms with Crippen LogP contribution in [0.2, 0.25) is 0 Å². The van der Waals surface area contributed by atoms with Gasteiger partial charge in [0.05, 0.1) is 0 Å². The third-order valence-electron chi connectivity index (χ3n) is 2.87. The fourth-order valence-electron chi connectivity index (χ4n) is 1.95. The number of likely N-dealkylation sites (tertiary alicyclic amines) is 1. The van der Waals surface area contributed by atoms with Crippen LogP contribution in [0.25, 0.3) is 0 Å². The van der Waals surface area contributed by atoms with Crippen LogP contribution in [0.4, 0.5) is 0 Å². The number of rotatable bonds is 4. The van der Waals surface area contributed by atoms with Gasteiger partial charge in [0.1, 0.15) is 4.90 Å². The highest BCUT2D eigenvalue weighted by molar-refractivity contribution is 9.10. The van der Waals surface area contributed by atoms with E-state index in [2.05, 4.69) is 20.7 Å². The molecule has 2 rings (SSSR count). The molecule has 106 valence electrons. The lowest BCUT2D eigenvalue weighted by Crippen LogP contribution is -2.36. The molecule has 1 saturated heterocycles. The number of aromatic carboxylic acids is 1. The lowest BCUT2D eigenvalue weighted by molar-refractivity contribution is 0.0661. The third-order valence-corrected chi connectivity index (χ3v) is 5.25. The van der Waals surface area contributed by atoms with Crippen LogP contribution in [-0.2, 0) is 10.0 Å². The van der Waals surface area contributed by atoms with E-state index < -0.39 is 21.8 Å². The van der Waals surface area contributed by atoms with E-state index in [1.54, 1.807) is 0 Å². The molecule has 1 atom stereocenters. The number of carboxylic acid groups (broad SMARTS) is 1. The van der Waals surface area contributed by atoms with Gasteiger partial charge in [-0.1, -0.05) is 0 Å². The summed E-state index contributed by atoms with van der Waals surface area (Å²) in [6.45, 7) is 1.45. The van der Waals surface area contributed by atoms with Crippen molar-refractivity contribution in [2.24, 2.45) is 0 Å². The lowest BCUT2D eigenvalue weighted by atomic mass is 10.3. The first-order chi connectivity index (χ1) is 8.79. The number of nitrogens with one attached hydrogen (secondary N) is 1. The van der Waals surface area contributed by atoms with E-state index in [1.165, 1.54) is 0 Å². The van der Waals surface area contributed by atoms with E-state index in [0.717, 1.165) is 19.0 Å². The van der Waals surface area contributed by atoms with Crippen molar-refractivity contribution < 1.29 is 22.7 Å². The Hall–Kier alpha value is -0.900. The van der Waals surface area contributed by atoms with Crippen LogP contribution in [0.5, 0.6) is 0 Å². The minimum absolute atomic E-state index is 0.108. The molecule has 0 saturated carbocycles. The zero-order valence-corrected chi connectivity index (χ0v) is 12.5. The van der Waals surface area contributed by atoms with Gasteiger partial charge in [-0.25, -0.2) is 17.9 Å². The minimum Gasteiger partial charge on any atom is -0.475 e. The molecule has 1 fully saturated rings. The molecule has 0 aromatic carbocycles. The van der Waals surface area contributed by atoms with Gasteiger partial charge in [-0.15, -0.1) is 0 Å². The van der Waals surface area contributed by atoms with Crippen molar-refractivity contribution in [1.82, 2.24) is 9.62 Å². The van der Waals surface area contributed by atoms with E-state index in [-0.39, 0.29) is 15.6 Å². The van der Waals surface area contributed by atoms with Crippen molar-refractivity contribution >= 4 is 31.9 Å². The molecule has 0 bridgehead atoms. The van der Waals surface area contributed by atoms with Gasteiger partial charge in [-0.05, 0) is 35.9 Å². The van der Waals surface area contributed by atoms with E-state index in [9.17, 15) is 13.2 Å². The first kappa shape index (κ1) is 14.5. The third kappa shape index (κ3) is 3.16.